The molecule has 2 saturated heterocycles. The van der Waals surface area contributed by atoms with Gasteiger partial charge in [0.25, 0.3) is 0 Å². The molecule has 3 N–H and O–H groups in total. The van der Waals surface area contributed by atoms with Crippen LogP contribution in [0.25, 0.3) is 0 Å². The number of primary amides is 1. The maximum atomic E-state index is 11.7. The van der Waals surface area contributed by atoms with Crippen LogP contribution in [0.3, 0.4) is 0 Å². The molecule has 0 aliphatic carbocycles. The second-order valence-electron chi connectivity index (χ2n) is 4.03. The molecule has 1 unspecified atom stereocenters. The van der Waals surface area contributed by atoms with Gasteiger partial charge in [-0.3, -0.25) is 9.59 Å². The van der Waals surface area contributed by atoms with Crippen molar-refractivity contribution < 1.29 is 9.59 Å². The third kappa shape index (κ3) is 1.59. The van der Waals surface area contributed by atoms with E-state index < -0.39 is 0 Å². The highest BCUT2D eigenvalue weighted by molar-refractivity contribution is 5.83. The molecule has 0 aromatic carbocycles. The van der Waals surface area contributed by atoms with Crippen molar-refractivity contribution in [3.63, 3.8) is 0 Å². The molecule has 5 heteroatoms. The Kier molecular flexibility index (Phi) is 2.41. The molecule has 2 aliphatic heterocycles. The first-order valence-corrected chi connectivity index (χ1v) is 4.97. The summed E-state index contributed by atoms with van der Waals surface area (Å²) in [6.45, 7) is 2.75. The molecule has 0 aromatic heterocycles. The number of nitrogens with zero attached hydrogens (tertiary/aromatic N) is 1. The summed E-state index contributed by atoms with van der Waals surface area (Å²) >= 11 is 0. The normalized spacial score (nSPS) is 27.4. The fraction of sp³-hybridized carbons (Fsp3) is 0.778. The van der Waals surface area contributed by atoms with Crippen molar-refractivity contribution in [1.82, 2.24) is 10.2 Å². The van der Waals surface area contributed by atoms with E-state index in [1.807, 2.05) is 0 Å². The highest BCUT2D eigenvalue weighted by atomic mass is 16.2. The molecule has 0 bridgehead atoms. The number of amides is 2. The number of hydrogen-bond acceptors (Lipinski definition) is 3. The molecule has 2 fully saturated rings. The number of carbonyl (C=O) groups is 2. The summed E-state index contributed by atoms with van der Waals surface area (Å²) in [7, 11) is 0. The largest absolute Gasteiger partial charge is 0.369 e. The Morgan fingerprint density at radius 1 is 1.29 bits per heavy atom. The van der Waals surface area contributed by atoms with Crippen LogP contribution < -0.4 is 11.1 Å². The average Bonchev–Trinajstić information content (AvgIpc) is 2.48. The molecule has 2 amide bonds. The van der Waals surface area contributed by atoms with Gasteiger partial charge in [-0.15, -0.1) is 0 Å². The molecule has 2 rings (SSSR count). The van der Waals surface area contributed by atoms with Gasteiger partial charge in [0.1, 0.15) is 0 Å². The van der Waals surface area contributed by atoms with E-state index in [1.165, 1.54) is 0 Å². The van der Waals surface area contributed by atoms with E-state index in [0.717, 1.165) is 19.5 Å². The van der Waals surface area contributed by atoms with Crippen LogP contribution in [0.1, 0.15) is 6.42 Å². The van der Waals surface area contributed by atoms with Crippen LogP contribution in [-0.4, -0.2) is 42.9 Å². The minimum absolute atomic E-state index is 0.127. The van der Waals surface area contributed by atoms with Crippen LogP contribution in [0.15, 0.2) is 0 Å². The van der Waals surface area contributed by atoms with Crippen LogP contribution in [-0.2, 0) is 9.59 Å². The summed E-state index contributed by atoms with van der Waals surface area (Å²) in [5.41, 5.74) is 5.19. The Labute approximate surface area is 82.6 Å². The predicted molar refractivity (Wildman–Crippen MR) is 50.2 cm³/mol. The minimum atomic E-state index is -0.285. The van der Waals surface area contributed by atoms with E-state index in [1.54, 1.807) is 4.90 Å². The Bertz CT molecular complexity index is 263. The summed E-state index contributed by atoms with van der Waals surface area (Å²) in [5, 5.41) is 3.06. The molecule has 14 heavy (non-hydrogen) atoms. The number of nitrogens with one attached hydrogen (secondary N) is 1. The lowest BCUT2D eigenvalue weighted by Gasteiger charge is -2.30. The molecule has 2 heterocycles. The summed E-state index contributed by atoms with van der Waals surface area (Å²) in [5.74, 6) is -0.117. The SMILES string of the molecule is NC(=O)C1CCN(C(=O)C2CNC2)C1. The maximum absolute atomic E-state index is 11.7. The number of hydrogen-bond donors (Lipinski definition) is 2. The molecular weight excluding hydrogens is 182 g/mol. The molecular formula is C9H15N3O2. The second kappa shape index (κ2) is 3.57. The molecule has 1 atom stereocenters. The zero-order valence-corrected chi connectivity index (χ0v) is 8.03. The highest BCUT2D eigenvalue weighted by Crippen LogP contribution is 2.19. The lowest BCUT2D eigenvalue weighted by Crippen LogP contribution is -2.51. The van der Waals surface area contributed by atoms with Gasteiger partial charge in [0.05, 0.1) is 11.8 Å². The Balaban J connectivity index is 1.88. The zero-order chi connectivity index (χ0) is 10.1. The third-order valence-electron chi connectivity index (χ3n) is 3.03. The summed E-state index contributed by atoms with van der Waals surface area (Å²) < 4.78 is 0. The van der Waals surface area contributed by atoms with Crippen molar-refractivity contribution in [2.75, 3.05) is 26.2 Å². The van der Waals surface area contributed by atoms with Crippen molar-refractivity contribution in [1.29, 1.82) is 0 Å². The molecule has 0 aromatic rings. The van der Waals surface area contributed by atoms with Gasteiger partial charge >= 0.3 is 0 Å². The summed E-state index contributed by atoms with van der Waals surface area (Å²) in [6.07, 6.45) is 0.723. The van der Waals surface area contributed by atoms with Gasteiger partial charge in [-0.2, -0.15) is 0 Å². The Hall–Kier alpha value is -1.10. The van der Waals surface area contributed by atoms with Gasteiger partial charge in [0.2, 0.25) is 11.8 Å². The van der Waals surface area contributed by atoms with Crippen molar-refractivity contribution in [3.05, 3.63) is 0 Å². The van der Waals surface area contributed by atoms with Crippen LogP contribution in [0.2, 0.25) is 0 Å². The van der Waals surface area contributed by atoms with Crippen LogP contribution in [0, 0.1) is 11.8 Å². The lowest BCUT2D eigenvalue weighted by atomic mass is 10.0. The van der Waals surface area contributed by atoms with Crippen LogP contribution in [0.4, 0.5) is 0 Å². The number of carbonyl (C=O) groups excluding carboxylic acids is 2. The molecule has 5 nitrogen and oxygen atoms in total. The van der Waals surface area contributed by atoms with Crippen molar-refractivity contribution in [2.24, 2.45) is 17.6 Å². The van der Waals surface area contributed by atoms with Gasteiger partial charge in [-0.25, -0.2) is 0 Å². The summed E-state index contributed by atoms with van der Waals surface area (Å²) in [4.78, 5) is 24.4. The zero-order valence-electron chi connectivity index (χ0n) is 8.03. The first-order valence-electron chi connectivity index (χ1n) is 4.97. The fourth-order valence-corrected chi connectivity index (χ4v) is 1.91. The van der Waals surface area contributed by atoms with Gasteiger partial charge in [-0.1, -0.05) is 0 Å². The van der Waals surface area contributed by atoms with Crippen molar-refractivity contribution in [3.8, 4) is 0 Å². The second-order valence-corrected chi connectivity index (χ2v) is 4.03. The molecule has 0 saturated carbocycles. The van der Waals surface area contributed by atoms with Crippen molar-refractivity contribution >= 4 is 11.8 Å². The van der Waals surface area contributed by atoms with Crippen molar-refractivity contribution in [2.45, 2.75) is 6.42 Å². The van der Waals surface area contributed by atoms with Crippen LogP contribution >= 0.6 is 0 Å². The predicted octanol–water partition coefficient (Wildman–Crippen LogP) is -1.46. The van der Waals surface area contributed by atoms with E-state index in [4.69, 9.17) is 5.73 Å². The quantitative estimate of drug-likeness (QED) is 0.568. The molecule has 2 aliphatic rings. The van der Waals surface area contributed by atoms with Gasteiger partial charge in [0.15, 0.2) is 0 Å². The number of nitrogens with two attached hydrogens (primary N) is 1. The molecule has 0 spiro atoms. The topological polar surface area (TPSA) is 75.4 Å². The van der Waals surface area contributed by atoms with E-state index in [-0.39, 0.29) is 23.7 Å². The number of rotatable bonds is 2. The molecule has 0 radical (unpaired) electrons. The molecule has 78 valence electrons. The van der Waals surface area contributed by atoms with Gasteiger partial charge in [0, 0.05) is 26.2 Å². The smallest absolute Gasteiger partial charge is 0.228 e. The van der Waals surface area contributed by atoms with E-state index >= 15 is 0 Å². The lowest BCUT2D eigenvalue weighted by molar-refractivity contribution is -0.136. The third-order valence-corrected chi connectivity index (χ3v) is 3.03. The average molecular weight is 197 g/mol. The van der Waals surface area contributed by atoms with E-state index in [2.05, 4.69) is 5.32 Å². The Morgan fingerprint density at radius 3 is 2.43 bits per heavy atom. The number of likely N-dealkylation sites (tertiary alicyclic amines) is 1. The fourth-order valence-electron chi connectivity index (χ4n) is 1.91. The first-order chi connectivity index (χ1) is 6.68. The van der Waals surface area contributed by atoms with Gasteiger partial charge < -0.3 is 16.0 Å². The van der Waals surface area contributed by atoms with Crippen LogP contribution in [0.5, 0.6) is 0 Å². The minimum Gasteiger partial charge on any atom is -0.369 e. The maximum Gasteiger partial charge on any atom is 0.228 e. The first kappa shape index (κ1) is 9.45. The standard InChI is InChI=1S/C9H15N3O2/c10-8(13)6-1-2-12(5-6)9(14)7-3-11-4-7/h6-7,11H,1-5H2,(H2,10,13). The monoisotopic (exact) mass is 197 g/mol. The van der Waals surface area contributed by atoms with E-state index in [9.17, 15) is 9.59 Å². The van der Waals surface area contributed by atoms with E-state index in [0.29, 0.717) is 13.1 Å². The summed E-state index contributed by atoms with van der Waals surface area (Å²) in [6, 6.07) is 0. The highest BCUT2D eigenvalue weighted by Gasteiger charge is 2.35. The Morgan fingerprint density at radius 2 is 2.00 bits per heavy atom. The van der Waals surface area contributed by atoms with Gasteiger partial charge in [-0.05, 0) is 6.42 Å².